The van der Waals surface area contributed by atoms with Crippen molar-refractivity contribution in [3.63, 3.8) is 0 Å². The number of nitrogens with one attached hydrogen (secondary N) is 2. The first-order chi connectivity index (χ1) is 25.6. The SMILES string of the molecule is COc1ccc(Cl)cc1S(=O)(=O)N1CCCCN(Cc2nc[nH]c2C)CC(=O)NCC2CCCN(C2)c2nc3cc(OC)c(OC)c(OC)c3cc2C1. The fourth-order valence-electron chi connectivity index (χ4n) is 7.21. The van der Waals surface area contributed by atoms with Crippen LogP contribution in [0.1, 0.15) is 42.6 Å². The number of carbonyl (C=O) groups excluding carboxylic acids is 1. The largest absolute Gasteiger partial charge is 0.495 e. The number of sulfonamides is 1. The topological polar surface area (TPSA) is 151 Å². The Hall–Kier alpha value is -4.31. The second kappa shape index (κ2) is 16.8. The third-order valence-electron chi connectivity index (χ3n) is 9.98. The monoisotopic (exact) mass is 769 g/mol. The number of hydrogen-bond acceptors (Lipinski definition) is 11. The summed E-state index contributed by atoms with van der Waals surface area (Å²) < 4.78 is 53.7. The standard InChI is InChI=1S/C37H48ClN7O7S/c1-24-30(41-23-40-24)21-43-12-6-7-14-45(53(47,48)33-16-27(38)10-11-31(33)49-2)20-26-15-28-29(17-32(50-3)36(52-5)35(28)51-4)42-37(26)44-13-8-9-25(19-44)18-39-34(46)22-43/h10-11,15-17,23,25H,6-9,12-14,18-22H2,1-5H3,(H,39,46)(H,40,41). The van der Waals surface area contributed by atoms with Gasteiger partial charge in [-0.3, -0.25) is 9.69 Å². The molecule has 6 rings (SSSR count). The minimum absolute atomic E-state index is 0.0157. The predicted octanol–water partition coefficient (Wildman–Crippen LogP) is 4.77. The second-order valence-electron chi connectivity index (χ2n) is 13.5. The van der Waals surface area contributed by atoms with Gasteiger partial charge in [-0.05, 0) is 69.3 Å². The highest BCUT2D eigenvalue weighted by Crippen LogP contribution is 2.44. The van der Waals surface area contributed by atoms with E-state index in [0.29, 0.717) is 85.1 Å². The number of imidazole rings is 1. The Morgan fingerprint density at radius 2 is 1.70 bits per heavy atom. The maximum Gasteiger partial charge on any atom is 0.247 e. The van der Waals surface area contributed by atoms with Gasteiger partial charge in [0, 0.05) is 67.0 Å². The minimum Gasteiger partial charge on any atom is -0.495 e. The smallest absolute Gasteiger partial charge is 0.247 e. The normalized spacial score (nSPS) is 18.3. The van der Waals surface area contributed by atoms with Crippen molar-refractivity contribution >= 4 is 44.3 Å². The van der Waals surface area contributed by atoms with Gasteiger partial charge in [-0.1, -0.05) is 11.6 Å². The molecule has 0 saturated carbocycles. The van der Waals surface area contributed by atoms with E-state index in [2.05, 4.69) is 25.1 Å². The molecule has 286 valence electrons. The lowest BCUT2D eigenvalue weighted by Gasteiger charge is -2.36. The zero-order valence-corrected chi connectivity index (χ0v) is 32.5. The predicted molar refractivity (Wildman–Crippen MR) is 203 cm³/mol. The van der Waals surface area contributed by atoms with Crippen LogP contribution in [-0.4, -0.2) is 106 Å². The molecule has 2 aliphatic heterocycles. The lowest BCUT2D eigenvalue weighted by Crippen LogP contribution is -2.44. The van der Waals surface area contributed by atoms with Gasteiger partial charge in [-0.25, -0.2) is 18.4 Å². The van der Waals surface area contributed by atoms with Crippen molar-refractivity contribution in [3.8, 4) is 23.0 Å². The Labute approximate surface area is 315 Å². The third-order valence-corrected chi connectivity index (χ3v) is 12.1. The number of fused-ring (bicyclic) bond motifs is 5. The van der Waals surface area contributed by atoms with E-state index in [1.54, 1.807) is 45.9 Å². The van der Waals surface area contributed by atoms with Crippen molar-refractivity contribution in [2.24, 2.45) is 5.92 Å². The summed E-state index contributed by atoms with van der Waals surface area (Å²) in [7, 11) is 1.93. The lowest BCUT2D eigenvalue weighted by molar-refractivity contribution is -0.122. The van der Waals surface area contributed by atoms with Crippen molar-refractivity contribution in [1.29, 1.82) is 0 Å². The zero-order chi connectivity index (χ0) is 37.7. The molecular formula is C37H48ClN7O7S. The Kier molecular flexibility index (Phi) is 12.2. The summed E-state index contributed by atoms with van der Waals surface area (Å²) in [6, 6.07) is 8.34. The van der Waals surface area contributed by atoms with E-state index in [9.17, 15) is 13.2 Å². The molecule has 4 aromatic rings. The highest BCUT2D eigenvalue weighted by molar-refractivity contribution is 7.89. The van der Waals surface area contributed by atoms with Crippen LogP contribution < -0.4 is 29.2 Å². The lowest BCUT2D eigenvalue weighted by atomic mass is 9.97. The van der Waals surface area contributed by atoms with Gasteiger partial charge in [-0.15, -0.1) is 0 Å². The van der Waals surface area contributed by atoms with Gasteiger partial charge in [0.15, 0.2) is 11.5 Å². The van der Waals surface area contributed by atoms with E-state index >= 15 is 0 Å². The van der Waals surface area contributed by atoms with Crippen LogP contribution in [0.4, 0.5) is 5.82 Å². The van der Waals surface area contributed by atoms with Crippen LogP contribution in [0.15, 0.2) is 41.6 Å². The first kappa shape index (κ1) is 38.4. The molecule has 1 saturated heterocycles. The van der Waals surface area contributed by atoms with Gasteiger partial charge in [0.25, 0.3) is 0 Å². The van der Waals surface area contributed by atoms with Crippen LogP contribution in [0.2, 0.25) is 5.02 Å². The summed E-state index contributed by atoms with van der Waals surface area (Å²) in [6.45, 7) is 5.27. The molecule has 16 heteroatoms. The van der Waals surface area contributed by atoms with E-state index < -0.39 is 10.0 Å². The molecule has 2 N–H and O–H groups in total. The van der Waals surface area contributed by atoms with E-state index in [4.69, 9.17) is 35.5 Å². The minimum atomic E-state index is -4.16. The van der Waals surface area contributed by atoms with Gasteiger partial charge in [0.1, 0.15) is 16.5 Å². The number of benzene rings is 2. The quantitative estimate of drug-likeness (QED) is 0.255. The van der Waals surface area contributed by atoms with Crippen LogP contribution in [0.3, 0.4) is 0 Å². The summed E-state index contributed by atoms with van der Waals surface area (Å²) in [5.41, 5.74) is 3.12. The second-order valence-corrected chi connectivity index (χ2v) is 15.8. The molecule has 2 aromatic carbocycles. The Balaban J connectivity index is 1.47. The van der Waals surface area contributed by atoms with Crippen molar-refractivity contribution in [2.45, 2.75) is 50.6 Å². The van der Waals surface area contributed by atoms with E-state index in [-0.39, 0.29) is 47.1 Å². The number of pyridine rings is 1. The highest BCUT2D eigenvalue weighted by atomic mass is 35.5. The van der Waals surface area contributed by atoms with Crippen molar-refractivity contribution in [2.75, 3.05) is 72.6 Å². The molecule has 53 heavy (non-hydrogen) atoms. The van der Waals surface area contributed by atoms with Crippen molar-refractivity contribution in [1.82, 2.24) is 29.5 Å². The average molecular weight is 770 g/mol. The van der Waals surface area contributed by atoms with E-state index in [0.717, 1.165) is 24.2 Å². The molecule has 1 unspecified atom stereocenters. The van der Waals surface area contributed by atoms with Crippen LogP contribution in [0, 0.1) is 12.8 Å². The molecule has 0 radical (unpaired) electrons. The van der Waals surface area contributed by atoms with Crippen molar-refractivity contribution < 1.29 is 32.2 Å². The number of ether oxygens (including phenoxy) is 4. The van der Waals surface area contributed by atoms with Crippen LogP contribution in [0.5, 0.6) is 23.0 Å². The Bertz CT molecular complexity index is 2040. The fraction of sp³-hybridized carbons (Fsp3) is 0.486. The number of anilines is 1. The van der Waals surface area contributed by atoms with Gasteiger partial charge in [-0.2, -0.15) is 4.31 Å². The third kappa shape index (κ3) is 8.43. The van der Waals surface area contributed by atoms with Gasteiger partial charge < -0.3 is 34.1 Å². The van der Waals surface area contributed by atoms with E-state index in [1.165, 1.54) is 17.5 Å². The van der Waals surface area contributed by atoms with Gasteiger partial charge in [0.2, 0.25) is 21.7 Å². The highest BCUT2D eigenvalue weighted by Gasteiger charge is 2.32. The first-order valence-corrected chi connectivity index (χ1v) is 19.6. The molecule has 1 atom stereocenters. The number of aromatic nitrogens is 3. The molecule has 14 nitrogen and oxygen atoms in total. The van der Waals surface area contributed by atoms with Gasteiger partial charge in [0.05, 0.1) is 52.5 Å². The van der Waals surface area contributed by atoms with Crippen LogP contribution in [-0.2, 0) is 27.9 Å². The number of rotatable bonds is 8. The summed E-state index contributed by atoms with van der Waals surface area (Å²) in [5, 5.41) is 4.12. The Morgan fingerprint density at radius 3 is 2.42 bits per heavy atom. The summed E-state index contributed by atoms with van der Waals surface area (Å²) in [6.07, 6.45) is 4.60. The zero-order valence-electron chi connectivity index (χ0n) is 30.9. The first-order valence-electron chi connectivity index (χ1n) is 17.7. The number of halogens is 1. The summed E-state index contributed by atoms with van der Waals surface area (Å²) >= 11 is 6.38. The van der Waals surface area contributed by atoms with Crippen LogP contribution in [0.25, 0.3) is 10.9 Å². The molecule has 2 bridgehead atoms. The number of piperidine rings is 1. The summed E-state index contributed by atoms with van der Waals surface area (Å²) in [5.74, 6) is 2.26. The number of methoxy groups -OCH3 is 4. The molecule has 0 aliphatic carbocycles. The molecule has 2 aromatic heterocycles. The number of aromatic amines is 1. The Morgan fingerprint density at radius 1 is 0.925 bits per heavy atom. The molecule has 1 amide bonds. The maximum absolute atomic E-state index is 14.7. The number of aryl methyl sites for hydroxylation is 1. The number of amides is 1. The maximum atomic E-state index is 14.7. The molecular weight excluding hydrogens is 722 g/mol. The molecule has 4 heterocycles. The number of nitrogens with zero attached hydrogens (tertiary/aromatic N) is 5. The van der Waals surface area contributed by atoms with Gasteiger partial charge >= 0.3 is 0 Å². The van der Waals surface area contributed by atoms with Crippen LogP contribution >= 0.6 is 11.6 Å². The van der Waals surface area contributed by atoms with E-state index in [1.807, 2.05) is 13.0 Å². The average Bonchev–Trinajstić information content (AvgIpc) is 3.56. The molecule has 2 aliphatic rings. The number of H-pyrrole nitrogens is 1. The summed E-state index contributed by atoms with van der Waals surface area (Å²) in [4.78, 5) is 30.3. The number of hydrogen-bond donors (Lipinski definition) is 2. The molecule has 0 spiro atoms. The number of carbonyl (C=O) groups is 1. The molecule has 1 fully saturated rings. The van der Waals surface area contributed by atoms with Crippen molar-refractivity contribution in [3.05, 3.63) is 58.6 Å². The fourth-order valence-corrected chi connectivity index (χ4v) is 9.09.